The number of hydrogen-bond acceptors (Lipinski definition) is 10. The fourth-order valence-electron chi connectivity index (χ4n) is 5.43. The monoisotopic (exact) mass is 775 g/mol. The Morgan fingerprint density at radius 2 is 1.62 bits per heavy atom. The van der Waals surface area contributed by atoms with E-state index in [1.54, 1.807) is 42.5 Å². The van der Waals surface area contributed by atoms with Gasteiger partial charge in [-0.1, -0.05) is 79.7 Å². The summed E-state index contributed by atoms with van der Waals surface area (Å²) < 4.78 is 72.6. The van der Waals surface area contributed by atoms with E-state index in [4.69, 9.17) is 19.4 Å². The number of aromatic nitrogens is 2. The Hall–Kier alpha value is -4.74. The van der Waals surface area contributed by atoms with Crippen molar-refractivity contribution < 1.29 is 45.8 Å². The second-order valence-electron chi connectivity index (χ2n) is 13.6. The van der Waals surface area contributed by atoms with E-state index in [2.05, 4.69) is 53.1 Å². The van der Waals surface area contributed by atoms with Crippen molar-refractivity contribution in [1.29, 1.82) is 0 Å². The highest BCUT2D eigenvalue weighted by Gasteiger charge is 2.38. The molecule has 0 unspecified atom stereocenters. The van der Waals surface area contributed by atoms with Crippen LogP contribution in [0.4, 0.5) is 18.9 Å². The number of benzene rings is 3. The third kappa shape index (κ3) is 11.1. The van der Waals surface area contributed by atoms with Gasteiger partial charge >= 0.3 is 12.1 Å². The quantitative estimate of drug-likeness (QED) is 0.161. The molecule has 4 aromatic rings. The van der Waals surface area contributed by atoms with E-state index in [9.17, 15) is 26.4 Å². The van der Waals surface area contributed by atoms with Gasteiger partial charge in [-0.05, 0) is 60.2 Å². The molecule has 0 spiro atoms. The Balaban J connectivity index is 0.000000705. The molecule has 2 fully saturated rings. The number of amides is 1. The molecule has 1 aromatic heterocycles. The molecule has 6 rings (SSSR count). The topological polar surface area (TPSA) is 160 Å². The van der Waals surface area contributed by atoms with E-state index >= 15 is 0 Å². The largest absolute Gasteiger partial charge is 0.490 e. The lowest BCUT2D eigenvalue weighted by atomic mass is 9.89. The number of piperidine rings is 1. The van der Waals surface area contributed by atoms with Crippen LogP contribution < -0.4 is 19.5 Å². The summed E-state index contributed by atoms with van der Waals surface area (Å²) in [5, 5.41) is 20.1. The van der Waals surface area contributed by atoms with E-state index in [1.807, 2.05) is 23.1 Å². The minimum Gasteiger partial charge on any atom is -0.486 e. The number of carbonyl (C=O) groups excluding carboxylic acids is 1. The number of carboxylic acids is 1. The standard InChI is InChI=1S/C34H39N5O5S2.C2HF3O2/c1-34(2,3)32-36-37-33(45-32)44-27-12-9-24(10-13-27)25-15-17-39(18-16-25)31(40)26-11-14-30(43-28-20-35-21-28)29(19-26)38-46(41,42)22-23-7-5-4-6-8-23;3-2(4,5)1(6)7/h4-14,19,25,28,35,38H,15-18,20-22H2,1-3H3;(H,6,7). The van der Waals surface area contributed by atoms with E-state index in [1.165, 1.54) is 16.9 Å². The number of carbonyl (C=O) groups is 2. The summed E-state index contributed by atoms with van der Waals surface area (Å²) in [6.07, 6.45) is -3.49. The smallest absolute Gasteiger partial charge is 0.486 e. The van der Waals surface area contributed by atoms with E-state index in [-0.39, 0.29) is 28.9 Å². The molecule has 284 valence electrons. The summed E-state index contributed by atoms with van der Waals surface area (Å²) in [7, 11) is -3.75. The van der Waals surface area contributed by atoms with Crippen molar-refractivity contribution in [3.63, 3.8) is 0 Å². The summed E-state index contributed by atoms with van der Waals surface area (Å²) in [5.74, 6) is -1.63. The average molecular weight is 776 g/mol. The van der Waals surface area contributed by atoms with Crippen molar-refractivity contribution in [2.24, 2.45) is 0 Å². The molecule has 3 N–H and O–H groups in total. The minimum absolute atomic E-state index is 0.0516. The Morgan fingerprint density at radius 3 is 2.17 bits per heavy atom. The minimum atomic E-state index is -5.08. The summed E-state index contributed by atoms with van der Waals surface area (Å²) in [4.78, 5) is 24.3. The number of carboxylic acid groups (broad SMARTS) is 1. The van der Waals surface area contributed by atoms with E-state index in [0.29, 0.717) is 59.9 Å². The van der Waals surface area contributed by atoms with Crippen LogP contribution in [-0.2, 0) is 26.0 Å². The maximum Gasteiger partial charge on any atom is 0.490 e. The molecule has 17 heteroatoms. The predicted octanol–water partition coefficient (Wildman–Crippen LogP) is 6.57. The van der Waals surface area contributed by atoms with Crippen LogP contribution in [0.5, 0.6) is 16.7 Å². The highest BCUT2D eigenvalue weighted by Crippen LogP contribution is 2.35. The van der Waals surface area contributed by atoms with Crippen LogP contribution in [0.2, 0.25) is 0 Å². The molecule has 3 heterocycles. The molecule has 2 aliphatic heterocycles. The molecule has 2 saturated heterocycles. The summed E-state index contributed by atoms with van der Waals surface area (Å²) in [5.41, 5.74) is 2.49. The van der Waals surface area contributed by atoms with Gasteiger partial charge < -0.3 is 24.8 Å². The molecule has 53 heavy (non-hydrogen) atoms. The molecule has 1 amide bonds. The number of sulfonamides is 1. The first-order valence-electron chi connectivity index (χ1n) is 16.7. The van der Waals surface area contributed by atoms with Gasteiger partial charge in [-0.3, -0.25) is 9.52 Å². The molecule has 3 aromatic carbocycles. The lowest BCUT2D eigenvalue weighted by Crippen LogP contribution is -2.50. The maximum absolute atomic E-state index is 13.6. The highest BCUT2D eigenvalue weighted by atomic mass is 32.2. The molecule has 2 aliphatic rings. The van der Waals surface area contributed by atoms with Crippen LogP contribution in [0.25, 0.3) is 0 Å². The third-order valence-corrected chi connectivity index (χ3v) is 10.8. The number of rotatable bonds is 10. The van der Waals surface area contributed by atoms with Gasteiger partial charge in [-0.2, -0.15) is 13.2 Å². The zero-order valence-corrected chi connectivity index (χ0v) is 30.9. The van der Waals surface area contributed by atoms with E-state index < -0.39 is 22.2 Å². The second kappa shape index (κ2) is 16.5. The molecule has 0 saturated carbocycles. The molecular weight excluding hydrogens is 736 g/mol. The van der Waals surface area contributed by atoms with Gasteiger partial charge in [-0.25, -0.2) is 13.2 Å². The number of nitrogens with one attached hydrogen (secondary N) is 2. The molecule has 12 nitrogen and oxygen atoms in total. The Morgan fingerprint density at radius 1 is 0.981 bits per heavy atom. The first kappa shape index (κ1) is 39.5. The maximum atomic E-state index is 13.6. The average Bonchev–Trinajstić information content (AvgIpc) is 3.56. The van der Waals surface area contributed by atoms with Gasteiger partial charge in [-0.15, -0.1) is 5.10 Å². The van der Waals surface area contributed by atoms with Gasteiger partial charge in [0, 0.05) is 37.2 Å². The first-order chi connectivity index (χ1) is 25.0. The van der Waals surface area contributed by atoms with Crippen LogP contribution >= 0.6 is 11.3 Å². The number of halogens is 3. The van der Waals surface area contributed by atoms with Crippen molar-refractivity contribution in [3.05, 3.63) is 94.5 Å². The zero-order chi connectivity index (χ0) is 38.4. The molecule has 0 atom stereocenters. The summed E-state index contributed by atoms with van der Waals surface area (Å²) in [6, 6.07) is 22.0. The lowest BCUT2D eigenvalue weighted by Gasteiger charge is -2.32. The number of hydrogen-bond donors (Lipinski definition) is 3. The lowest BCUT2D eigenvalue weighted by molar-refractivity contribution is -0.192. The molecular formula is C36H40F3N5O7S2. The number of anilines is 1. The molecule has 0 aliphatic carbocycles. The van der Waals surface area contributed by atoms with Gasteiger partial charge in [0.15, 0.2) is 0 Å². The van der Waals surface area contributed by atoms with Crippen LogP contribution in [-0.4, -0.2) is 79.0 Å². The SMILES string of the molecule is CC(C)(C)c1nnc(Oc2ccc(C3CCN(C(=O)c4ccc(OC5CNC5)c(NS(=O)(=O)Cc5ccccc5)c4)CC3)cc2)s1.O=C(O)C(F)(F)F. The van der Waals surface area contributed by atoms with Crippen molar-refractivity contribution >= 4 is 38.9 Å². The van der Waals surface area contributed by atoms with Crippen molar-refractivity contribution in [2.75, 3.05) is 30.9 Å². The number of ether oxygens (including phenoxy) is 2. The number of likely N-dealkylation sites (tertiary alicyclic amines) is 1. The normalized spacial score (nSPS) is 15.5. The number of alkyl halides is 3. The third-order valence-electron chi connectivity index (χ3n) is 8.36. The van der Waals surface area contributed by atoms with Crippen molar-refractivity contribution in [2.45, 2.75) is 63.0 Å². The summed E-state index contributed by atoms with van der Waals surface area (Å²) in [6.45, 7) is 8.86. The van der Waals surface area contributed by atoms with Crippen molar-refractivity contribution in [1.82, 2.24) is 20.4 Å². The van der Waals surface area contributed by atoms with Gasteiger partial charge in [0.05, 0.1) is 11.4 Å². The van der Waals surface area contributed by atoms with Crippen LogP contribution in [0.15, 0.2) is 72.8 Å². The Bertz CT molecular complexity index is 1970. The number of aliphatic carboxylic acids is 1. The zero-order valence-electron chi connectivity index (χ0n) is 29.2. The van der Waals surface area contributed by atoms with Crippen LogP contribution in [0, 0.1) is 0 Å². The fourth-order valence-corrected chi connectivity index (χ4v) is 7.40. The first-order valence-corrected chi connectivity index (χ1v) is 19.2. The van der Waals surface area contributed by atoms with Crippen molar-refractivity contribution in [3.8, 4) is 16.7 Å². The van der Waals surface area contributed by atoms with Gasteiger partial charge in [0.1, 0.15) is 22.6 Å². The number of nitrogens with zero attached hydrogens (tertiary/aromatic N) is 3. The predicted molar refractivity (Wildman–Crippen MR) is 193 cm³/mol. The van der Waals surface area contributed by atoms with Crippen LogP contribution in [0.3, 0.4) is 0 Å². The summed E-state index contributed by atoms with van der Waals surface area (Å²) >= 11 is 1.45. The molecule has 0 bridgehead atoms. The van der Waals surface area contributed by atoms with Crippen LogP contribution in [0.1, 0.15) is 66.0 Å². The van der Waals surface area contributed by atoms with Gasteiger partial charge in [0.25, 0.3) is 11.1 Å². The fraction of sp³-hybridized carbons (Fsp3) is 0.389. The highest BCUT2D eigenvalue weighted by molar-refractivity contribution is 7.91. The van der Waals surface area contributed by atoms with E-state index in [0.717, 1.165) is 17.8 Å². The Labute approximate surface area is 309 Å². The Kier molecular flexibility index (Phi) is 12.3. The van der Waals surface area contributed by atoms with Gasteiger partial charge in [0.2, 0.25) is 10.0 Å². The molecule has 0 radical (unpaired) electrons. The second-order valence-corrected chi connectivity index (χ2v) is 16.3.